The Labute approximate surface area is 115 Å². The molecule has 0 aromatic heterocycles. The van der Waals surface area contributed by atoms with Gasteiger partial charge in [0.1, 0.15) is 0 Å². The quantitative estimate of drug-likeness (QED) is 0.603. The fraction of sp³-hybridized carbons (Fsp3) is 0.0588. The molecule has 0 radical (unpaired) electrons. The van der Waals surface area contributed by atoms with Gasteiger partial charge in [-0.05, 0) is 0 Å². The molecule has 0 atom stereocenters. The molecule has 0 aliphatic rings. The van der Waals surface area contributed by atoms with E-state index in [2.05, 4.69) is 48.2 Å². The minimum atomic E-state index is 0.520. The van der Waals surface area contributed by atoms with Crippen LogP contribution in [0.15, 0.2) is 72.8 Å². The summed E-state index contributed by atoms with van der Waals surface area (Å²) in [6, 6.07) is 20.7. The van der Waals surface area contributed by atoms with Gasteiger partial charge in [-0.25, -0.2) is 0 Å². The van der Waals surface area contributed by atoms with Gasteiger partial charge in [-0.3, -0.25) is 0 Å². The molecule has 0 saturated carbocycles. The summed E-state index contributed by atoms with van der Waals surface area (Å²) >= 11 is 0.520. The van der Waals surface area contributed by atoms with Gasteiger partial charge in [-0.1, -0.05) is 0 Å². The normalized spacial score (nSPS) is 10.0. The standard InChI is InChI=1S/C17H14Se/c1-4-10-16(11-5-1)12-6-3-9-15-18-17-13-7-2-8-14-17/h1-5,7-11,13-14H,15H2/b9-3+. The van der Waals surface area contributed by atoms with Crippen molar-refractivity contribution >= 4 is 19.4 Å². The predicted octanol–water partition coefficient (Wildman–Crippen LogP) is 3.04. The summed E-state index contributed by atoms with van der Waals surface area (Å²) in [6.07, 6.45) is 4.11. The predicted molar refractivity (Wildman–Crippen MR) is 79.1 cm³/mol. The van der Waals surface area contributed by atoms with E-state index in [0.29, 0.717) is 15.0 Å². The molecular weight excluding hydrogens is 283 g/mol. The fourth-order valence-electron chi connectivity index (χ4n) is 1.41. The summed E-state index contributed by atoms with van der Waals surface area (Å²) in [7, 11) is 0. The van der Waals surface area contributed by atoms with Crippen molar-refractivity contribution < 1.29 is 0 Å². The van der Waals surface area contributed by atoms with Crippen LogP contribution in [0.5, 0.6) is 0 Å². The van der Waals surface area contributed by atoms with Gasteiger partial charge in [0.05, 0.1) is 0 Å². The van der Waals surface area contributed by atoms with E-state index in [1.807, 2.05) is 36.4 Å². The third-order valence-corrected chi connectivity index (χ3v) is 4.30. The summed E-state index contributed by atoms with van der Waals surface area (Å²) in [5, 5.41) is 1.10. The molecule has 2 rings (SSSR count). The van der Waals surface area contributed by atoms with Crippen LogP contribution in [-0.4, -0.2) is 15.0 Å². The molecule has 0 amide bonds. The topological polar surface area (TPSA) is 0 Å². The molecule has 0 nitrogen and oxygen atoms in total. The van der Waals surface area contributed by atoms with Gasteiger partial charge < -0.3 is 0 Å². The van der Waals surface area contributed by atoms with Gasteiger partial charge in [0, 0.05) is 0 Å². The van der Waals surface area contributed by atoms with E-state index >= 15 is 0 Å². The van der Waals surface area contributed by atoms with Gasteiger partial charge in [0.2, 0.25) is 0 Å². The van der Waals surface area contributed by atoms with Crippen LogP contribution in [-0.2, 0) is 0 Å². The fourth-order valence-corrected chi connectivity index (χ4v) is 2.96. The van der Waals surface area contributed by atoms with Crippen LogP contribution in [0, 0.1) is 11.8 Å². The van der Waals surface area contributed by atoms with Crippen molar-refractivity contribution in [1.82, 2.24) is 0 Å². The second kappa shape index (κ2) is 7.56. The van der Waals surface area contributed by atoms with Crippen molar-refractivity contribution in [2.45, 2.75) is 5.32 Å². The Bertz CT molecular complexity index is 544. The maximum atomic E-state index is 3.11. The van der Waals surface area contributed by atoms with Crippen molar-refractivity contribution in [2.75, 3.05) is 0 Å². The molecular formula is C17H14Se. The molecule has 0 fully saturated rings. The zero-order valence-electron chi connectivity index (χ0n) is 10.0. The number of hydrogen-bond acceptors (Lipinski definition) is 0. The summed E-state index contributed by atoms with van der Waals surface area (Å²) in [5.41, 5.74) is 1.07. The Morgan fingerprint density at radius 1 is 0.889 bits per heavy atom. The van der Waals surface area contributed by atoms with Crippen LogP contribution >= 0.6 is 0 Å². The van der Waals surface area contributed by atoms with Crippen molar-refractivity contribution in [3.8, 4) is 11.8 Å². The summed E-state index contributed by atoms with van der Waals surface area (Å²) < 4.78 is 1.44. The average Bonchev–Trinajstić information content (AvgIpc) is 2.45. The maximum absolute atomic E-state index is 3.11. The van der Waals surface area contributed by atoms with Crippen LogP contribution in [0.2, 0.25) is 5.32 Å². The van der Waals surface area contributed by atoms with Crippen LogP contribution in [0.3, 0.4) is 0 Å². The number of hydrogen-bond donors (Lipinski definition) is 0. The van der Waals surface area contributed by atoms with E-state index in [0.717, 1.165) is 10.9 Å². The Morgan fingerprint density at radius 2 is 1.56 bits per heavy atom. The first-order chi connectivity index (χ1) is 8.95. The molecule has 1 heteroatoms. The Kier molecular flexibility index (Phi) is 5.34. The SMILES string of the molecule is C(#Cc1ccccc1)/C=C/C[Se]c1ccccc1. The minimum absolute atomic E-state index is 0.520. The Balaban J connectivity index is 1.78. The molecule has 2 aromatic rings. The van der Waals surface area contributed by atoms with Gasteiger partial charge in [-0.2, -0.15) is 0 Å². The number of allylic oxidation sites excluding steroid dienone is 2. The molecule has 0 saturated heterocycles. The van der Waals surface area contributed by atoms with Crippen molar-refractivity contribution in [2.24, 2.45) is 0 Å². The molecule has 0 unspecified atom stereocenters. The second-order valence-corrected chi connectivity index (χ2v) is 5.96. The Morgan fingerprint density at radius 3 is 2.28 bits per heavy atom. The molecule has 0 bridgehead atoms. The summed E-state index contributed by atoms with van der Waals surface area (Å²) in [5.74, 6) is 6.18. The molecule has 2 aromatic carbocycles. The van der Waals surface area contributed by atoms with Crippen molar-refractivity contribution in [1.29, 1.82) is 0 Å². The number of benzene rings is 2. The Hall–Kier alpha value is -1.74. The second-order valence-electron chi connectivity index (χ2n) is 3.66. The third kappa shape index (κ3) is 4.63. The molecule has 0 N–H and O–H groups in total. The van der Waals surface area contributed by atoms with Gasteiger partial charge in [-0.15, -0.1) is 0 Å². The van der Waals surface area contributed by atoms with Crippen LogP contribution in [0.1, 0.15) is 5.56 Å². The van der Waals surface area contributed by atoms with E-state index in [9.17, 15) is 0 Å². The van der Waals surface area contributed by atoms with Crippen molar-refractivity contribution in [3.63, 3.8) is 0 Å². The zero-order chi connectivity index (χ0) is 12.5. The summed E-state index contributed by atoms with van der Waals surface area (Å²) in [6.45, 7) is 0. The monoisotopic (exact) mass is 298 g/mol. The molecule has 0 aliphatic heterocycles. The molecule has 18 heavy (non-hydrogen) atoms. The summed E-state index contributed by atoms with van der Waals surface area (Å²) in [4.78, 5) is 0. The average molecular weight is 297 g/mol. The zero-order valence-corrected chi connectivity index (χ0v) is 11.8. The van der Waals surface area contributed by atoms with E-state index < -0.39 is 0 Å². The molecule has 0 spiro atoms. The third-order valence-electron chi connectivity index (χ3n) is 2.28. The van der Waals surface area contributed by atoms with E-state index in [1.54, 1.807) is 0 Å². The first-order valence-corrected chi connectivity index (χ1v) is 7.91. The molecule has 0 heterocycles. The molecule has 88 valence electrons. The van der Waals surface area contributed by atoms with Crippen LogP contribution in [0.4, 0.5) is 0 Å². The first kappa shape index (κ1) is 12.7. The van der Waals surface area contributed by atoms with Gasteiger partial charge >= 0.3 is 115 Å². The van der Waals surface area contributed by atoms with Crippen LogP contribution < -0.4 is 4.46 Å². The molecule has 0 aliphatic carbocycles. The van der Waals surface area contributed by atoms with E-state index in [4.69, 9.17) is 0 Å². The van der Waals surface area contributed by atoms with Gasteiger partial charge in [0.25, 0.3) is 0 Å². The van der Waals surface area contributed by atoms with Crippen LogP contribution in [0.25, 0.3) is 0 Å². The van der Waals surface area contributed by atoms with Crippen molar-refractivity contribution in [3.05, 3.63) is 78.4 Å². The van der Waals surface area contributed by atoms with E-state index in [-0.39, 0.29) is 0 Å². The first-order valence-electron chi connectivity index (χ1n) is 5.84. The van der Waals surface area contributed by atoms with Gasteiger partial charge in [0.15, 0.2) is 0 Å². The van der Waals surface area contributed by atoms with E-state index in [1.165, 1.54) is 4.46 Å². The number of rotatable bonds is 3.